The first-order valence-corrected chi connectivity index (χ1v) is 8.43. The van der Waals surface area contributed by atoms with E-state index in [1.165, 1.54) is 12.1 Å². The molecule has 8 heteroatoms. The van der Waals surface area contributed by atoms with E-state index in [1.807, 2.05) is 4.72 Å². The van der Waals surface area contributed by atoms with E-state index >= 15 is 0 Å². The highest BCUT2D eigenvalue weighted by Gasteiger charge is 2.29. The first-order valence-electron chi connectivity index (χ1n) is 6.94. The van der Waals surface area contributed by atoms with E-state index in [2.05, 4.69) is 0 Å². The smallest absolute Gasteiger partial charge is 0.322 e. The highest BCUT2D eigenvalue weighted by atomic mass is 32.2. The summed E-state index contributed by atoms with van der Waals surface area (Å²) in [5.41, 5.74) is 0.0863. The van der Waals surface area contributed by atoms with E-state index in [0.717, 1.165) is 5.56 Å². The number of rotatable bonds is 6. The third-order valence-electron chi connectivity index (χ3n) is 2.72. The molecule has 1 aromatic rings. The summed E-state index contributed by atoms with van der Waals surface area (Å²) in [6.45, 7) is 6.71. The molecule has 1 rings (SSSR count). The van der Waals surface area contributed by atoms with Gasteiger partial charge in [0.15, 0.2) is 0 Å². The van der Waals surface area contributed by atoms with Crippen LogP contribution in [0.15, 0.2) is 29.2 Å². The number of carbonyl (C=O) groups excluding carboxylic acids is 1. The molecule has 0 radical (unpaired) electrons. The van der Waals surface area contributed by atoms with Gasteiger partial charge in [0.05, 0.1) is 11.3 Å². The molecule has 7 nitrogen and oxygen atoms in total. The van der Waals surface area contributed by atoms with Crippen LogP contribution in [0.3, 0.4) is 0 Å². The van der Waals surface area contributed by atoms with Gasteiger partial charge >= 0.3 is 11.9 Å². The normalized spacial score (nSPS) is 13.4. The summed E-state index contributed by atoms with van der Waals surface area (Å²) in [5, 5.41) is 9.14. The van der Waals surface area contributed by atoms with Crippen molar-refractivity contribution >= 4 is 22.0 Å². The molecule has 0 aliphatic rings. The number of hydrogen-bond donors (Lipinski definition) is 2. The molecule has 128 valence electrons. The lowest BCUT2D eigenvalue weighted by atomic mass is 10.2. The molecule has 0 saturated heterocycles. The van der Waals surface area contributed by atoms with Gasteiger partial charge in [-0.25, -0.2) is 8.42 Å². The number of carboxylic acid groups (broad SMARTS) is 1. The van der Waals surface area contributed by atoms with Crippen molar-refractivity contribution in [3.63, 3.8) is 0 Å². The second kappa shape index (κ2) is 7.10. The summed E-state index contributed by atoms with van der Waals surface area (Å²) in [4.78, 5) is 22.9. The Morgan fingerprint density at radius 2 is 1.74 bits per heavy atom. The summed E-state index contributed by atoms with van der Waals surface area (Å²) < 4.78 is 31.4. The number of aliphatic carboxylic acids is 1. The Bertz CT molecular complexity index is 673. The van der Waals surface area contributed by atoms with Gasteiger partial charge in [0.2, 0.25) is 10.0 Å². The highest BCUT2D eigenvalue weighted by Crippen LogP contribution is 2.13. The summed E-state index contributed by atoms with van der Waals surface area (Å²) in [6.07, 6.45) is -0.600. The standard InChI is InChI=1S/C15H21NO6S/c1-10-5-7-11(8-6-10)23(20,21)16-12(14(18)19)9-13(17)22-15(2,3)4/h5-8,12,16H,9H2,1-4H3,(H,18,19). The average Bonchev–Trinajstić information content (AvgIpc) is 2.35. The predicted octanol–water partition coefficient (Wildman–Crippen LogP) is 1.46. The average molecular weight is 343 g/mol. The molecule has 0 spiro atoms. The summed E-state index contributed by atoms with van der Waals surface area (Å²) in [7, 11) is -4.05. The number of carbonyl (C=O) groups is 2. The van der Waals surface area contributed by atoms with Crippen LogP contribution in [0.1, 0.15) is 32.8 Å². The van der Waals surface area contributed by atoms with Crippen LogP contribution in [0.5, 0.6) is 0 Å². The van der Waals surface area contributed by atoms with E-state index < -0.39 is 40.0 Å². The van der Waals surface area contributed by atoms with Gasteiger partial charge in [0.1, 0.15) is 11.6 Å². The van der Waals surface area contributed by atoms with Crippen LogP contribution in [0.4, 0.5) is 0 Å². The number of benzene rings is 1. The van der Waals surface area contributed by atoms with Crippen LogP contribution in [0.25, 0.3) is 0 Å². The largest absolute Gasteiger partial charge is 0.480 e. The maximum atomic E-state index is 12.2. The minimum absolute atomic E-state index is 0.0708. The number of nitrogens with one attached hydrogen (secondary N) is 1. The molecule has 0 bridgehead atoms. The molecule has 1 aromatic carbocycles. The molecule has 23 heavy (non-hydrogen) atoms. The van der Waals surface area contributed by atoms with Gasteiger partial charge in [-0.1, -0.05) is 17.7 Å². The zero-order valence-corrected chi connectivity index (χ0v) is 14.3. The lowest BCUT2D eigenvalue weighted by Crippen LogP contribution is -2.43. The van der Waals surface area contributed by atoms with Crippen molar-refractivity contribution in [3.8, 4) is 0 Å². The Kier molecular flexibility index (Phi) is 5.90. The third kappa shape index (κ3) is 6.37. The molecular weight excluding hydrogens is 322 g/mol. The summed E-state index contributed by atoms with van der Waals surface area (Å²) in [6, 6.07) is 4.32. The van der Waals surface area contributed by atoms with Gasteiger partial charge in [0.25, 0.3) is 0 Å². The number of carboxylic acids is 1. The van der Waals surface area contributed by atoms with Gasteiger partial charge in [-0.3, -0.25) is 9.59 Å². The zero-order chi connectivity index (χ0) is 17.8. The molecule has 1 atom stereocenters. The predicted molar refractivity (Wildman–Crippen MR) is 83.4 cm³/mol. The fourth-order valence-corrected chi connectivity index (χ4v) is 2.89. The second-order valence-corrected chi connectivity index (χ2v) is 7.83. The van der Waals surface area contributed by atoms with Crippen LogP contribution in [0, 0.1) is 6.92 Å². The van der Waals surface area contributed by atoms with Crippen molar-refractivity contribution in [3.05, 3.63) is 29.8 Å². The number of ether oxygens (including phenoxy) is 1. The van der Waals surface area contributed by atoms with Gasteiger partial charge in [-0.15, -0.1) is 0 Å². The van der Waals surface area contributed by atoms with Gasteiger partial charge in [-0.2, -0.15) is 4.72 Å². The lowest BCUT2D eigenvalue weighted by molar-refractivity contribution is -0.158. The molecule has 0 heterocycles. The second-order valence-electron chi connectivity index (χ2n) is 6.12. The van der Waals surface area contributed by atoms with Crippen LogP contribution < -0.4 is 4.72 Å². The minimum Gasteiger partial charge on any atom is -0.480 e. The maximum Gasteiger partial charge on any atom is 0.322 e. The number of esters is 1. The Balaban J connectivity index is 2.89. The number of aryl methyl sites for hydroxylation is 1. The Morgan fingerprint density at radius 3 is 2.17 bits per heavy atom. The van der Waals surface area contributed by atoms with E-state index in [9.17, 15) is 18.0 Å². The lowest BCUT2D eigenvalue weighted by Gasteiger charge is -2.21. The minimum atomic E-state index is -4.05. The molecule has 0 aliphatic carbocycles. The van der Waals surface area contributed by atoms with Crippen molar-refractivity contribution in [2.24, 2.45) is 0 Å². The molecule has 1 unspecified atom stereocenters. The van der Waals surface area contributed by atoms with Gasteiger partial charge in [-0.05, 0) is 39.8 Å². The maximum absolute atomic E-state index is 12.2. The fraction of sp³-hybridized carbons (Fsp3) is 0.467. The van der Waals surface area contributed by atoms with Crippen molar-refractivity contribution in [1.29, 1.82) is 0 Å². The molecular formula is C15H21NO6S. The first kappa shape index (κ1) is 19.1. The van der Waals surface area contributed by atoms with E-state index in [-0.39, 0.29) is 4.90 Å². The Hall–Kier alpha value is -1.93. The molecule has 2 N–H and O–H groups in total. The van der Waals surface area contributed by atoms with Crippen molar-refractivity contribution in [2.45, 2.75) is 50.7 Å². The number of hydrogen-bond acceptors (Lipinski definition) is 5. The van der Waals surface area contributed by atoms with Crippen molar-refractivity contribution < 1.29 is 27.9 Å². The Morgan fingerprint density at radius 1 is 1.22 bits per heavy atom. The zero-order valence-electron chi connectivity index (χ0n) is 13.5. The van der Waals surface area contributed by atoms with E-state index in [1.54, 1.807) is 39.8 Å². The summed E-state index contributed by atoms with van der Waals surface area (Å²) in [5.74, 6) is -2.25. The third-order valence-corrected chi connectivity index (χ3v) is 4.21. The molecule has 0 saturated carbocycles. The van der Waals surface area contributed by atoms with Crippen molar-refractivity contribution in [2.75, 3.05) is 0 Å². The molecule has 0 aromatic heterocycles. The number of sulfonamides is 1. The molecule has 0 amide bonds. The van der Waals surface area contributed by atoms with Crippen LogP contribution >= 0.6 is 0 Å². The van der Waals surface area contributed by atoms with Crippen LogP contribution in [-0.4, -0.2) is 37.1 Å². The van der Waals surface area contributed by atoms with Crippen LogP contribution in [0.2, 0.25) is 0 Å². The SMILES string of the molecule is Cc1ccc(S(=O)(=O)NC(CC(=O)OC(C)(C)C)C(=O)O)cc1. The topological polar surface area (TPSA) is 110 Å². The van der Waals surface area contributed by atoms with Crippen molar-refractivity contribution in [1.82, 2.24) is 4.72 Å². The van der Waals surface area contributed by atoms with E-state index in [0.29, 0.717) is 0 Å². The summed E-state index contributed by atoms with van der Waals surface area (Å²) >= 11 is 0. The van der Waals surface area contributed by atoms with Gasteiger partial charge in [0, 0.05) is 0 Å². The Labute approximate surface area is 135 Å². The van der Waals surface area contributed by atoms with E-state index in [4.69, 9.17) is 9.84 Å². The fourth-order valence-electron chi connectivity index (χ4n) is 1.70. The first-order chi connectivity index (χ1) is 10.4. The highest BCUT2D eigenvalue weighted by molar-refractivity contribution is 7.89. The quantitative estimate of drug-likeness (QED) is 0.757. The van der Waals surface area contributed by atoms with Gasteiger partial charge < -0.3 is 9.84 Å². The van der Waals surface area contributed by atoms with Crippen LogP contribution in [-0.2, 0) is 24.3 Å². The molecule has 0 aliphatic heterocycles. The molecule has 0 fully saturated rings. The monoisotopic (exact) mass is 343 g/mol.